The number of nitrogens with zero attached hydrogens (tertiary/aromatic N) is 3. The van der Waals surface area contributed by atoms with Gasteiger partial charge in [-0.2, -0.15) is 0 Å². The van der Waals surface area contributed by atoms with Crippen LogP contribution in [0.5, 0.6) is 0 Å². The molecule has 8 heteroatoms. The van der Waals surface area contributed by atoms with E-state index in [-0.39, 0.29) is 5.91 Å². The van der Waals surface area contributed by atoms with Crippen molar-refractivity contribution in [1.82, 2.24) is 20.4 Å². The van der Waals surface area contributed by atoms with Gasteiger partial charge in [-0.25, -0.2) is 9.97 Å². The van der Waals surface area contributed by atoms with Crippen LogP contribution in [0, 0.1) is 0 Å². The zero-order chi connectivity index (χ0) is 19.2. The molecule has 0 saturated carbocycles. The summed E-state index contributed by atoms with van der Waals surface area (Å²) in [6.45, 7) is 4.28. The van der Waals surface area contributed by atoms with Crippen LogP contribution in [-0.2, 0) is 0 Å². The lowest BCUT2D eigenvalue weighted by molar-refractivity contribution is 0.0962. The number of amides is 1. The van der Waals surface area contributed by atoms with Gasteiger partial charge >= 0.3 is 0 Å². The third-order valence-corrected chi connectivity index (χ3v) is 3.96. The van der Waals surface area contributed by atoms with Gasteiger partial charge in [0.2, 0.25) is 0 Å². The Kier molecular flexibility index (Phi) is 5.46. The Balaban J connectivity index is 1.69. The standard InChI is InChI=1S/C19H21N7O/c1-12(2)13-3-5-15(6-4-13)24-17-16(20)18(23-11-22-17)25-26-19(27)14-7-9-21-10-8-14/h3-12H,20H2,1-2H3,(H,26,27)(H2,22,23,24,25). The van der Waals surface area contributed by atoms with Crippen molar-refractivity contribution >= 4 is 28.9 Å². The first-order valence-corrected chi connectivity index (χ1v) is 8.48. The molecule has 27 heavy (non-hydrogen) atoms. The Morgan fingerprint density at radius 3 is 2.33 bits per heavy atom. The average Bonchev–Trinajstić information content (AvgIpc) is 2.69. The summed E-state index contributed by atoms with van der Waals surface area (Å²) in [4.78, 5) is 24.2. The molecule has 0 aliphatic heterocycles. The van der Waals surface area contributed by atoms with Crippen molar-refractivity contribution in [2.24, 2.45) is 0 Å². The number of aromatic nitrogens is 3. The summed E-state index contributed by atoms with van der Waals surface area (Å²) < 4.78 is 0. The second-order valence-electron chi connectivity index (χ2n) is 6.20. The maximum absolute atomic E-state index is 12.1. The predicted molar refractivity (Wildman–Crippen MR) is 106 cm³/mol. The molecular formula is C19H21N7O. The topological polar surface area (TPSA) is 118 Å². The fourth-order valence-corrected chi connectivity index (χ4v) is 2.37. The minimum absolute atomic E-state index is 0.292. The molecule has 0 aliphatic carbocycles. The Morgan fingerprint density at radius 1 is 1.00 bits per heavy atom. The van der Waals surface area contributed by atoms with E-state index in [2.05, 4.69) is 57.1 Å². The molecule has 3 rings (SSSR count). The summed E-state index contributed by atoms with van der Waals surface area (Å²) in [6, 6.07) is 11.3. The van der Waals surface area contributed by atoms with Gasteiger partial charge < -0.3 is 11.1 Å². The molecule has 0 atom stereocenters. The van der Waals surface area contributed by atoms with Gasteiger partial charge in [0.15, 0.2) is 11.6 Å². The zero-order valence-electron chi connectivity index (χ0n) is 15.1. The first-order valence-electron chi connectivity index (χ1n) is 8.48. The quantitative estimate of drug-likeness (QED) is 0.497. The zero-order valence-corrected chi connectivity index (χ0v) is 15.1. The van der Waals surface area contributed by atoms with Gasteiger partial charge in [0.1, 0.15) is 12.0 Å². The summed E-state index contributed by atoms with van der Waals surface area (Å²) in [7, 11) is 0. The molecule has 1 amide bonds. The van der Waals surface area contributed by atoms with Crippen molar-refractivity contribution in [3.63, 3.8) is 0 Å². The number of nitrogens with one attached hydrogen (secondary N) is 3. The monoisotopic (exact) mass is 363 g/mol. The number of pyridine rings is 1. The van der Waals surface area contributed by atoms with Gasteiger partial charge in [0.25, 0.3) is 5.91 Å². The Hall–Kier alpha value is -3.68. The number of carbonyl (C=O) groups excluding carboxylic acids is 1. The normalized spacial score (nSPS) is 10.5. The first-order chi connectivity index (χ1) is 13.0. The van der Waals surface area contributed by atoms with E-state index >= 15 is 0 Å². The molecular weight excluding hydrogens is 342 g/mol. The van der Waals surface area contributed by atoms with E-state index in [1.54, 1.807) is 24.5 Å². The van der Waals surface area contributed by atoms with Gasteiger partial charge in [-0.3, -0.25) is 20.6 Å². The highest BCUT2D eigenvalue weighted by Gasteiger charge is 2.10. The van der Waals surface area contributed by atoms with E-state index in [9.17, 15) is 4.79 Å². The Morgan fingerprint density at radius 2 is 1.67 bits per heavy atom. The number of benzene rings is 1. The van der Waals surface area contributed by atoms with Crippen molar-refractivity contribution in [3.05, 3.63) is 66.2 Å². The van der Waals surface area contributed by atoms with E-state index in [4.69, 9.17) is 5.73 Å². The fraction of sp³-hybridized carbons (Fsp3) is 0.158. The maximum Gasteiger partial charge on any atom is 0.269 e. The predicted octanol–water partition coefficient (Wildman–Crippen LogP) is 3.08. The van der Waals surface area contributed by atoms with Gasteiger partial charge in [0, 0.05) is 23.6 Å². The molecule has 5 N–H and O–H groups in total. The number of nitrogens with two attached hydrogens (primary N) is 1. The van der Waals surface area contributed by atoms with Gasteiger partial charge in [-0.15, -0.1) is 0 Å². The van der Waals surface area contributed by atoms with Crippen molar-refractivity contribution in [3.8, 4) is 0 Å². The molecule has 2 heterocycles. The second-order valence-corrected chi connectivity index (χ2v) is 6.20. The Labute approximate surface area is 157 Å². The molecule has 0 fully saturated rings. The van der Waals surface area contributed by atoms with Crippen molar-refractivity contribution in [2.75, 3.05) is 16.5 Å². The summed E-state index contributed by atoms with van der Waals surface area (Å²) in [6.07, 6.45) is 4.45. The van der Waals surface area contributed by atoms with Gasteiger partial charge in [0.05, 0.1) is 0 Å². The molecule has 3 aromatic rings. The van der Waals surface area contributed by atoms with Crippen LogP contribution in [0.1, 0.15) is 35.7 Å². The number of hydrazine groups is 1. The van der Waals surface area contributed by atoms with Crippen LogP contribution < -0.4 is 21.9 Å². The Bertz CT molecular complexity index is 911. The second kappa shape index (κ2) is 8.13. The molecule has 138 valence electrons. The third kappa shape index (κ3) is 4.49. The molecule has 0 bridgehead atoms. The fourth-order valence-electron chi connectivity index (χ4n) is 2.37. The maximum atomic E-state index is 12.1. The van der Waals surface area contributed by atoms with Crippen LogP contribution >= 0.6 is 0 Å². The van der Waals surface area contributed by atoms with Crippen LogP contribution in [0.4, 0.5) is 23.0 Å². The number of anilines is 4. The molecule has 0 spiro atoms. The minimum Gasteiger partial charge on any atom is -0.393 e. The summed E-state index contributed by atoms with van der Waals surface area (Å²) in [5.74, 6) is 0.883. The van der Waals surface area contributed by atoms with Crippen molar-refractivity contribution < 1.29 is 4.79 Å². The summed E-state index contributed by atoms with van der Waals surface area (Å²) >= 11 is 0. The van der Waals surface area contributed by atoms with E-state index in [0.29, 0.717) is 28.8 Å². The molecule has 1 aromatic carbocycles. The SMILES string of the molecule is CC(C)c1ccc(Nc2ncnc(NNC(=O)c3ccncc3)c2N)cc1. The van der Waals surface area contributed by atoms with E-state index in [0.717, 1.165) is 5.69 Å². The largest absolute Gasteiger partial charge is 0.393 e. The lowest BCUT2D eigenvalue weighted by atomic mass is 10.0. The van der Waals surface area contributed by atoms with Crippen LogP contribution in [0.2, 0.25) is 0 Å². The van der Waals surface area contributed by atoms with Crippen LogP contribution in [-0.4, -0.2) is 20.9 Å². The molecule has 0 aliphatic rings. The number of carbonyl (C=O) groups is 1. The van der Waals surface area contributed by atoms with Crippen LogP contribution in [0.25, 0.3) is 0 Å². The van der Waals surface area contributed by atoms with Crippen LogP contribution in [0.3, 0.4) is 0 Å². The van der Waals surface area contributed by atoms with Crippen molar-refractivity contribution in [2.45, 2.75) is 19.8 Å². The number of hydrogen-bond donors (Lipinski definition) is 4. The van der Waals surface area contributed by atoms with E-state index in [1.807, 2.05) is 12.1 Å². The molecule has 0 radical (unpaired) electrons. The highest BCUT2D eigenvalue weighted by atomic mass is 16.2. The summed E-state index contributed by atoms with van der Waals surface area (Å²) in [5.41, 5.74) is 14.3. The smallest absolute Gasteiger partial charge is 0.269 e. The lowest BCUT2D eigenvalue weighted by Crippen LogP contribution is -2.30. The highest BCUT2D eigenvalue weighted by molar-refractivity contribution is 5.95. The van der Waals surface area contributed by atoms with Gasteiger partial charge in [-0.05, 0) is 35.7 Å². The lowest BCUT2D eigenvalue weighted by Gasteiger charge is -2.13. The van der Waals surface area contributed by atoms with Crippen LogP contribution in [0.15, 0.2) is 55.1 Å². The number of rotatable bonds is 6. The first kappa shape index (κ1) is 18.1. The molecule has 2 aromatic heterocycles. The number of nitrogen functional groups attached to an aromatic ring is 1. The van der Waals surface area contributed by atoms with E-state index in [1.165, 1.54) is 11.9 Å². The summed E-state index contributed by atoms with van der Waals surface area (Å²) in [5, 5.41) is 3.16. The molecule has 8 nitrogen and oxygen atoms in total. The molecule has 0 saturated heterocycles. The molecule has 0 unspecified atom stereocenters. The minimum atomic E-state index is -0.325. The van der Waals surface area contributed by atoms with Gasteiger partial charge in [-0.1, -0.05) is 26.0 Å². The highest BCUT2D eigenvalue weighted by Crippen LogP contribution is 2.26. The third-order valence-electron chi connectivity index (χ3n) is 3.96. The number of hydrogen-bond acceptors (Lipinski definition) is 7. The van der Waals surface area contributed by atoms with Crippen molar-refractivity contribution in [1.29, 1.82) is 0 Å². The average molecular weight is 363 g/mol. The van der Waals surface area contributed by atoms with E-state index < -0.39 is 0 Å².